The van der Waals surface area contributed by atoms with Crippen LogP contribution in [0.4, 0.5) is 11.5 Å². The number of nitrogens with two attached hydrogens (primary N) is 1. The summed E-state index contributed by atoms with van der Waals surface area (Å²) in [6.07, 6.45) is 2.44. The average Bonchev–Trinajstić information content (AvgIpc) is 3.53. The van der Waals surface area contributed by atoms with E-state index in [4.69, 9.17) is 21.1 Å². The van der Waals surface area contributed by atoms with Crippen LogP contribution in [-0.4, -0.2) is 54.6 Å². The van der Waals surface area contributed by atoms with Gasteiger partial charge in [-0.25, -0.2) is 9.48 Å². The first-order chi connectivity index (χ1) is 17.1. The number of aromatic nitrogens is 2. The van der Waals surface area contributed by atoms with Crippen molar-refractivity contribution >= 4 is 41.0 Å². The maximum atomic E-state index is 13.0. The van der Waals surface area contributed by atoms with E-state index in [2.05, 4.69) is 10.1 Å². The zero-order chi connectivity index (χ0) is 26.0. The zero-order valence-electron chi connectivity index (χ0n) is 19.4. The van der Waals surface area contributed by atoms with Crippen molar-refractivity contribution in [3.05, 3.63) is 76.5 Å². The van der Waals surface area contributed by atoms with E-state index in [1.54, 1.807) is 10.9 Å². The van der Waals surface area contributed by atoms with Gasteiger partial charge in [-0.2, -0.15) is 5.10 Å². The number of hydrogen-bond acceptors (Lipinski definition) is 7. The van der Waals surface area contributed by atoms with Crippen LogP contribution in [0, 0.1) is 0 Å². The summed E-state index contributed by atoms with van der Waals surface area (Å²) in [5.74, 6) is -2.54. The first-order valence-electron chi connectivity index (χ1n) is 11.1. The zero-order valence-corrected chi connectivity index (χ0v) is 19.4. The Kier molecular flexibility index (Phi) is 6.80. The summed E-state index contributed by atoms with van der Waals surface area (Å²) in [4.78, 5) is 36.9. The van der Waals surface area contributed by atoms with Gasteiger partial charge in [-0.05, 0) is 47.9 Å². The summed E-state index contributed by atoms with van der Waals surface area (Å²) in [7, 11) is 0. The van der Waals surface area contributed by atoms with Gasteiger partial charge in [-0.15, -0.1) is 0 Å². The number of allylic oxidation sites excluding steroid dienone is 1. The predicted octanol–water partition coefficient (Wildman–Crippen LogP) is 2.83. The molecule has 0 unspecified atom stereocenters. The molecule has 0 amide bonds. The molecule has 0 saturated heterocycles. The molecule has 184 valence electrons. The molecule has 0 saturated carbocycles. The highest BCUT2D eigenvalue weighted by atomic mass is 16.4. The van der Waals surface area contributed by atoms with E-state index in [1.807, 2.05) is 55.5 Å². The summed E-state index contributed by atoms with van der Waals surface area (Å²) in [6, 6.07) is 14.0. The number of nitrogens with zero attached hydrogens (tertiary/aromatic N) is 3. The number of hydrogen-bond donors (Lipinski definition) is 4. The van der Waals surface area contributed by atoms with E-state index in [1.165, 1.54) is 5.56 Å². The van der Waals surface area contributed by atoms with Gasteiger partial charge in [0.25, 0.3) is 0 Å². The molecule has 36 heavy (non-hydrogen) atoms. The number of aliphatic imine (C=N–C) groups is 1. The van der Waals surface area contributed by atoms with Crippen LogP contribution in [0.25, 0.3) is 11.8 Å². The fourth-order valence-corrected chi connectivity index (χ4v) is 4.07. The smallest absolute Gasteiger partial charge is 0.333 e. The van der Waals surface area contributed by atoms with Gasteiger partial charge in [0, 0.05) is 24.1 Å². The van der Waals surface area contributed by atoms with Crippen molar-refractivity contribution in [3.63, 3.8) is 0 Å². The number of benzene rings is 2. The topological polar surface area (TPSA) is 168 Å². The minimum absolute atomic E-state index is 0.0599. The van der Waals surface area contributed by atoms with Crippen LogP contribution in [0.2, 0.25) is 0 Å². The molecule has 2 heterocycles. The molecule has 2 aliphatic rings. The van der Waals surface area contributed by atoms with Gasteiger partial charge in [0.15, 0.2) is 11.9 Å². The Morgan fingerprint density at radius 3 is 2.50 bits per heavy atom. The van der Waals surface area contributed by atoms with Crippen LogP contribution in [0.1, 0.15) is 40.4 Å². The number of aliphatic carboxylic acids is 2. The molecule has 5 N–H and O–H groups in total. The lowest BCUT2D eigenvalue weighted by Crippen LogP contribution is -2.22. The van der Waals surface area contributed by atoms with Gasteiger partial charge in [-0.1, -0.05) is 24.3 Å². The molecule has 0 spiro atoms. The number of ketones is 1. The number of carbonyl (C=O) groups excluding carboxylic acids is 1. The van der Waals surface area contributed by atoms with E-state index in [9.17, 15) is 14.4 Å². The SMILES string of the molecule is CC1=Nc2ccc(-n3ncc(C(=O)C4=Cc5ccccc5C4)c3N)cc2C1.O=C(O)C[C@H](O)C(=O)O. The fourth-order valence-electron chi connectivity index (χ4n) is 4.07. The number of nitrogen functional groups attached to an aromatic ring is 1. The summed E-state index contributed by atoms with van der Waals surface area (Å²) in [5, 5.41) is 28.5. The average molecular weight is 489 g/mol. The van der Waals surface area contributed by atoms with Crippen molar-refractivity contribution in [2.45, 2.75) is 32.3 Å². The molecule has 3 aromatic rings. The van der Waals surface area contributed by atoms with Crippen LogP contribution < -0.4 is 5.73 Å². The Bertz CT molecular complexity index is 1440. The van der Waals surface area contributed by atoms with E-state index < -0.39 is 24.5 Å². The number of aliphatic hydroxyl groups excluding tert-OH is 1. The number of anilines is 1. The van der Waals surface area contributed by atoms with Crippen LogP contribution in [0.15, 0.2) is 59.2 Å². The molecule has 0 fully saturated rings. The number of Topliss-reactive ketones (excluding diaryl/α,β-unsaturated/α-hetero) is 1. The van der Waals surface area contributed by atoms with Crippen molar-refractivity contribution in [1.29, 1.82) is 0 Å². The molecule has 0 radical (unpaired) electrons. The van der Waals surface area contributed by atoms with E-state index in [0.717, 1.165) is 40.2 Å². The van der Waals surface area contributed by atoms with Gasteiger partial charge in [-0.3, -0.25) is 14.6 Å². The van der Waals surface area contributed by atoms with Crippen LogP contribution in [0.3, 0.4) is 0 Å². The standard InChI is InChI=1S/C22H18N4O.C4H6O5/c1-13-8-16-11-18(6-7-20(16)25-13)26-22(23)19(12-24-26)21(27)17-9-14-4-2-3-5-15(14)10-17;5-2(4(8)9)1-3(6)7/h2-7,9,11-12H,8,10,23H2,1H3;2,5H,1H2,(H,6,7)(H,8,9)/t;2-/m.0/s1. The van der Waals surface area contributed by atoms with Crippen LogP contribution in [0.5, 0.6) is 0 Å². The molecular formula is C26H24N4O6. The molecule has 1 aliphatic carbocycles. The lowest BCUT2D eigenvalue weighted by atomic mass is 10.0. The summed E-state index contributed by atoms with van der Waals surface area (Å²) >= 11 is 0. The predicted molar refractivity (Wildman–Crippen MR) is 133 cm³/mol. The van der Waals surface area contributed by atoms with Crippen molar-refractivity contribution in [3.8, 4) is 5.69 Å². The number of carboxylic acid groups (broad SMARTS) is 2. The van der Waals surface area contributed by atoms with Crippen molar-refractivity contribution in [2.75, 3.05) is 5.73 Å². The number of rotatable bonds is 6. The third-order valence-electron chi connectivity index (χ3n) is 5.83. The highest BCUT2D eigenvalue weighted by Crippen LogP contribution is 2.31. The number of aliphatic hydroxyl groups is 1. The summed E-state index contributed by atoms with van der Waals surface area (Å²) in [6.45, 7) is 2.02. The normalized spacial score (nSPS) is 14.1. The van der Waals surface area contributed by atoms with Gasteiger partial charge in [0.05, 0.1) is 29.6 Å². The fraction of sp³-hybridized carbons (Fsp3) is 0.192. The lowest BCUT2D eigenvalue weighted by molar-refractivity contribution is -0.152. The Morgan fingerprint density at radius 2 is 1.83 bits per heavy atom. The second-order valence-corrected chi connectivity index (χ2v) is 8.52. The van der Waals surface area contributed by atoms with E-state index in [0.29, 0.717) is 17.8 Å². The first-order valence-corrected chi connectivity index (χ1v) is 11.1. The highest BCUT2D eigenvalue weighted by molar-refractivity contribution is 6.15. The second-order valence-electron chi connectivity index (χ2n) is 8.52. The highest BCUT2D eigenvalue weighted by Gasteiger charge is 2.24. The molecular weight excluding hydrogens is 464 g/mol. The minimum atomic E-state index is -1.79. The van der Waals surface area contributed by atoms with E-state index in [-0.39, 0.29) is 5.78 Å². The van der Waals surface area contributed by atoms with Crippen molar-refractivity contribution < 1.29 is 29.7 Å². The van der Waals surface area contributed by atoms with Crippen molar-refractivity contribution in [1.82, 2.24) is 9.78 Å². The number of carboxylic acids is 2. The molecule has 0 bridgehead atoms. The molecule has 5 rings (SSSR count). The molecule has 1 aliphatic heterocycles. The van der Waals surface area contributed by atoms with Crippen molar-refractivity contribution in [2.24, 2.45) is 4.99 Å². The number of fused-ring (bicyclic) bond motifs is 2. The Hall–Kier alpha value is -4.57. The van der Waals surface area contributed by atoms with Gasteiger partial charge in [0.2, 0.25) is 0 Å². The lowest BCUT2D eigenvalue weighted by Gasteiger charge is -2.07. The quantitative estimate of drug-likeness (QED) is 0.384. The Balaban J connectivity index is 0.000000292. The maximum Gasteiger partial charge on any atom is 0.333 e. The molecule has 1 atom stereocenters. The monoisotopic (exact) mass is 488 g/mol. The molecule has 2 aromatic carbocycles. The number of carbonyl (C=O) groups is 3. The molecule has 10 heteroatoms. The van der Waals surface area contributed by atoms with Crippen LogP contribution in [-0.2, 0) is 22.4 Å². The van der Waals surface area contributed by atoms with Gasteiger partial charge >= 0.3 is 11.9 Å². The van der Waals surface area contributed by atoms with Crippen LogP contribution >= 0.6 is 0 Å². The maximum absolute atomic E-state index is 13.0. The van der Waals surface area contributed by atoms with Gasteiger partial charge < -0.3 is 21.1 Å². The summed E-state index contributed by atoms with van der Waals surface area (Å²) < 4.78 is 1.63. The Morgan fingerprint density at radius 1 is 1.08 bits per heavy atom. The molecule has 1 aromatic heterocycles. The summed E-state index contributed by atoms with van der Waals surface area (Å²) in [5.41, 5.74) is 13.9. The third-order valence-corrected chi connectivity index (χ3v) is 5.83. The van der Waals surface area contributed by atoms with E-state index >= 15 is 0 Å². The van der Waals surface area contributed by atoms with Gasteiger partial charge in [0.1, 0.15) is 5.82 Å². The second kappa shape index (κ2) is 9.96. The first kappa shape index (κ1) is 24.6. The minimum Gasteiger partial charge on any atom is -0.481 e. The largest absolute Gasteiger partial charge is 0.481 e. The Labute approximate surface area is 206 Å². The third kappa shape index (κ3) is 5.08. The molecule has 10 nitrogen and oxygen atoms in total.